The van der Waals surface area contributed by atoms with Gasteiger partial charge < -0.3 is 15.5 Å². The van der Waals surface area contributed by atoms with Crippen molar-refractivity contribution in [1.82, 2.24) is 10.3 Å². The van der Waals surface area contributed by atoms with Crippen molar-refractivity contribution in [2.75, 3.05) is 6.54 Å². The van der Waals surface area contributed by atoms with Gasteiger partial charge >= 0.3 is 5.97 Å². The minimum absolute atomic E-state index is 0.0499. The molecular weight excluding hydrogens is 232 g/mol. The lowest BCUT2D eigenvalue weighted by molar-refractivity contribution is 0.0473. The third kappa shape index (κ3) is 3.27. The van der Waals surface area contributed by atoms with Crippen LogP contribution in [0.25, 0.3) is 0 Å². The largest absolute Gasteiger partial charge is 0.477 e. The summed E-state index contributed by atoms with van der Waals surface area (Å²) >= 11 is 0. The summed E-state index contributed by atoms with van der Waals surface area (Å²) in [4.78, 5) is 14.8. The van der Waals surface area contributed by atoms with Crippen molar-refractivity contribution in [3.63, 3.8) is 0 Å². The van der Waals surface area contributed by atoms with E-state index in [1.54, 1.807) is 12.1 Å². The zero-order valence-corrected chi connectivity index (χ0v) is 10.2. The van der Waals surface area contributed by atoms with Crippen LogP contribution in [0.4, 0.5) is 0 Å². The topological polar surface area (TPSA) is 82.5 Å². The Morgan fingerprint density at radius 1 is 1.39 bits per heavy atom. The van der Waals surface area contributed by atoms with Crippen LogP contribution in [-0.4, -0.2) is 33.3 Å². The maximum atomic E-state index is 10.8. The van der Waals surface area contributed by atoms with Gasteiger partial charge in [0.1, 0.15) is 5.69 Å². The highest BCUT2D eigenvalue weighted by Crippen LogP contribution is 2.28. The van der Waals surface area contributed by atoms with Gasteiger partial charge in [-0.05, 0) is 25.0 Å². The average Bonchev–Trinajstić information content (AvgIpc) is 2.77. The molecule has 0 radical (unpaired) electrons. The molecule has 1 fully saturated rings. The van der Waals surface area contributed by atoms with Gasteiger partial charge in [-0.15, -0.1) is 0 Å². The molecule has 98 valence electrons. The van der Waals surface area contributed by atoms with E-state index < -0.39 is 11.6 Å². The minimum Gasteiger partial charge on any atom is -0.477 e. The van der Waals surface area contributed by atoms with Crippen molar-refractivity contribution < 1.29 is 15.0 Å². The Labute approximate surface area is 106 Å². The lowest BCUT2D eigenvalue weighted by Gasteiger charge is -2.22. The minimum atomic E-state index is -1.02. The molecule has 5 heteroatoms. The molecule has 0 unspecified atom stereocenters. The summed E-state index contributed by atoms with van der Waals surface area (Å²) in [6, 6.07) is 4.92. The predicted octanol–water partition coefficient (Wildman–Crippen LogP) is 1.17. The molecular formula is C13H18N2O3. The first-order chi connectivity index (χ1) is 8.59. The van der Waals surface area contributed by atoms with Gasteiger partial charge in [-0.2, -0.15) is 0 Å². The molecule has 0 saturated heterocycles. The molecule has 18 heavy (non-hydrogen) atoms. The summed E-state index contributed by atoms with van der Waals surface area (Å²) in [5, 5.41) is 22.1. The molecule has 0 atom stereocenters. The Balaban J connectivity index is 1.86. The normalized spacial score (nSPS) is 17.8. The van der Waals surface area contributed by atoms with Crippen LogP contribution in [0.15, 0.2) is 18.2 Å². The lowest BCUT2D eigenvalue weighted by Crippen LogP contribution is -2.37. The fraction of sp³-hybridized carbons (Fsp3) is 0.538. The second kappa shape index (κ2) is 5.46. The number of nitrogens with zero attached hydrogens (tertiary/aromatic N) is 1. The third-order valence-electron chi connectivity index (χ3n) is 3.32. The molecule has 2 rings (SSSR count). The molecule has 1 heterocycles. The number of carbonyl (C=O) groups is 1. The molecule has 1 aliphatic rings. The fourth-order valence-corrected chi connectivity index (χ4v) is 2.33. The molecule has 1 aromatic rings. The van der Waals surface area contributed by atoms with E-state index in [4.69, 9.17) is 5.11 Å². The lowest BCUT2D eigenvalue weighted by atomic mass is 10.0. The van der Waals surface area contributed by atoms with Crippen molar-refractivity contribution in [3.8, 4) is 0 Å². The Bertz CT molecular complexity index is 428. The van der Waals surface area contributed by atoms with E-state index in [-0.39, 0.29) is 5.69 Å². The number of aromatic nitrogens is 1. The van der Waals surface area contributed by atoms with E-state index in [0.29, 0.717) is 18.8 Å². The van der Waals surface area contributed by atoms with Gasteiger partial charge in [-0.3, -0.25) is 0 Å². The van der Waals surface area contributed by atoms with Gasteiger partial charge in [0, 0.05) is 13.1 Å². The number of carboxylic acid groups (broad SMARTS) is 1. The molecule has 0 spiro atoms. The highest BCUT2D eigenvalue weighted by atomic mass is 16.4. The van der Waals surface area contributed by atoms with Crippen molar-refractivity contribution >= 4 is 5.97 Å². The molecule has 5 nitrogen and oxygen atoms in total. The van der Waals surface area contributed by atoms with E-state index in [1.165, 1.54) is 6.07 Å². The number of hydrogen-bond donors (Lipinski definition) is 3. The van der Waals surface area contributed by atoms with Gasteiger partial charge in [0.05, 0.1) is 11.3 Å². The highest BCUT2D eigenvalue weighted by molar-refractivity contribution is 5.85. The first-order valence-corrected chi connectivity index (χ1v) is 6.21. The Morgan fingerprint density at radius 3 is 2.78 bits per heavy atom. The van der Waals surface area contributed by atoms with Crippen LogP contribution in [0.3, 0.4) is 0 Å². The maximum Gasteiger partial charge on any atom is 0.354 e. The first-order valence-electron chi connectivity index (χ1n) is 6.21. The number of carboxylic acids is 1. The first kappa shape index (κ1) is 13.0. The average molecular weight is 250 g/mol. The summed E-state index contributed by atoms with van der Waals surface area (Å²) in [5.74, 6) is -1.02. The molecule has 0 bridgehead atoms. The second-order valence-electron chi connectivity index (χ2n) is 4.85. The number of aromatic carboxylic acids is 1. The summed E-state index contributed by atoms with van der Waals surface area (Å²) < 4.78 is 0. The quantitative estimate of drug-likeness (QED) is 0.731. The summed E-state index contributed by atoms with van der Waals surface area (Å²) in [6.45, 7) is 1.01. The van der Waals surface area contributed by atoms with Crippen molar-refractivity contribution in [2.45, 2.75) is 37.8 Å². The number of aliphatic hydroxyl groups is 1. The molecule has 1 saturated carbocycles. The van der Waals surface area contributed by atoms with Crippen LogP contribution in [0, 0.1) is 0 Å². The van der Waals surface area contributed by atoms with Gasteiger partial charge in [0.15, 0.2) is 0 Å². The van der Waals surface area contributed by atoms with Crippen LogP contribution in [0.1, 0.15) is 41.9 Å². The Kier molecular flexibility index (Phi) is 3.93. The van der Waals surface area contributed by atoms with Crippen molar-refractivity contribution in [1.29, 1.82) is 0 Å². The summed E-state index contributed by atoms with van der Waals surface area (Å²) in [6.07, 6.45) is 3.82. The van der Waals surface area contributed by atoms with E-state index in [2.05, 4.69) is 10.3 Å². The zero-order valence-electron chi connectivity index (χ0n) is 10.2. The molecule has 0 amide bonds. The fourth-order valence-electron chi connectivity index (χ4n) is 2.33. The van der Waals surface area contributed by atoms with E-state index in [9.17, 15) is 9.90 Å². The molecule has 0 aromatic carbocycles. The maximum absolute atomic E-state index is 10.8. The predicted molar refractivity (Wildman–Crippen MR) is 66.3 cm³/mol. The monoisotopic (exact) mass is 250 g/mol. The molecule has 0 aliphatic heterocycles. The Hall–Kier alpha value is -1.46. The van der Waals surface area contributed by atoms with Gasteiger partial charge in [0.25, 0.3) is 0 Å². The van der Waals surface area contributed by atoms with E-state index in [1.807, 2.05) is 0 Å². The molecule has 1 aromatic heterocycles. The van der Waals surface area contributed by atoms with E-state index >= 15 is 0 Å². The van der Waals surface area contributed by atoms with Crippen LogP contribution >= 0.6 is 0 Å². The Morgan fingerprint density at radius 2 is 2.11 bits per heavy atom. The van der Waals surface area contributed by atoms with Crippen LogP contribution in [-0.2, 0) is 6.54 Å². The number of pyridine rings is 1. The van der Waals surface area contributed by atoms with Gasteiger partial charge in [-0.25, -0.2) is 9.78 Å². The van der Waals surface area contributed by atoms with Crippen molar-refractivity contribution in [3.05, 3.63) is 29.6 Å². The molecule has 1 aliphatic carbocycles. The number of hydrogen-bond acceptors (Lipinski definition) is 4. The van der Waals surface area contributed by atoms with Crippen LogP contribution in [0.5, 0.6) is 0 Å². The van der Waals surface area contributed by atoms with Crippen LogP contribution < -0.4 is 5.32 Å². The number of nitrogens with one attached hydrogen (secondary N) is 1. The van der Waals surface area contributed by atoms with E-state index in [0.717, 1.165) is 25.7 Å². The SMILES string of the molecule is O=C(O)c1cccc(CNCC2(O)CCCC2)n1. The third-order valence-corrected chi connectivity index (χ3v) is 3.32. The standard InChI is InChI=1S/C13H18N2O3/c16-12(17)11-5-3-4-10(15-11)8-14-9-13(18)6-1-2-7-13/h3-5,14,18H,1-2,6-9H2,(H,16,17). The van der Waals surface area contributed by atoms with Crippen molar-refractivity contribution in [2.24, 2.45) is 0 Å². The van der Waals surface area contributed by atoms with Crippen LogP contribution in [0.2, 0.25) is 0 Å². The summed E-state index contributed by atoms with van der Waals surface area (Å²) in [5.41, 5.74) is 0.134. The highest BCUT2D eigenvalue weighted by Gasteiger charge is 2.30. The number of rotatable bonds is 5. The summed E-state index contributed by atoms with van der Waals surface area (Å²) in [7, 11) is 0. The zero-order chi connectivity index (χ0) is 13.0. The molecule has 3 N–H and O–H groups in total. The smallest absolute Gasteiger partial charge is 0.354 e. The van der Waals surface area contributed by atoms with Gasteiger partial charge in [-0.1, -0.05) is 18.9 Å². The second-order valence-corrected chi connectivity index (χ2v) is 4.85. The van der Waals surface area contributed by atoms with Gasteiger partial charge in [0.2, 0.25) is 0 Å².